The number of fused-ring (bicyclic) bond motifs is 1. The van der Waals surface area contributed by atoms with Crippen LogP contribution in [0.4, 0.5) is 0 Å². The van der Waals surface area contributed by atoms with E-state index in [-0.39, 0.29) is 41.5 Å². The summed E-state index contributed by atoms with van der Waals surface area (Å²) in [5.41, 5.74) is 0. The van der Waals surface area contributed by atoms with E-state index in [0.717, 1.165) is 6.42 Å². The van der Waals surface area contributed by atoms with E-state index in [4.69, 9.17) is 0 Å². The highest BCUT2D eigenvalue weighted by molar-refractivity contribution is 6.08. The molecule has 1 N–H and O–H groups in total. The van der Waals surface area contributed by atoms with Gasteiger partial charge in [-0.3, -0.25) is 19.3 Å². The number of hydrogen-bond acceptors (Lipinski definition) is 3. The maximum atomic E-state index is 12.7. The number of rotatable bonds is 6. The smallest absolute Gasteiger partial charge is 0.243 e. The molecule has 1 aliphatic carbocycles. The number of carbonyl (C=O) groups excluding carboxylic acids is 3. The molecule has 0 spiro atoms. The van der Waals surface area contributed by atoms with E-state index in [1.54, 1.807) is 0 Å². The number of amides is 3. The van der Waals surface area contributed by atoms with Crippen LogP contribution in [0, 0.1) is 17.8 Å². The summed E-state index contributed by atoms with van der Waals surface area (Å²) in [6, 6.07) is -0.650. The molecule has 0 radical (unpaired) electrons. The van der Waals surface area contributed by atoms with Crippen LogP contribution in [-0.2, 0) is 14.4 Å². The zero-order chi connectivity index (χ0) is 17.1. The van der Waals surface area contributed by atoms with E-state index < -0.39 is 6.04 Å². The molecule has 23 heavy (non-hydrogen) atoms. The van der Waals surface area contributed by atoms with E-state index in [1.165, 1.54) is 4.90 Å². The van der Waals surface area contributed by atoms with Crippen molar-refractivity contribution in [1.29, 1.82) is 0 Å². The molecule has 128 valence electrons. The number of imide groups is 1. The molecule has 3 amide bonds. The molecule has 1 aliphatic heterocycles. The summed E-state index contributed by atoms with van der Waals surface area (Å²) in [6.07, 6.45) is 6.46. The predicted octanol–water partition coefficient (Wildman–Crippen LogP) is 2.27. The Kier molecular flexibility index (Phi) is 5.60. The maximum Gasteiger partial charge on any atom is 0.243 e. The Hall–Kier alpha value is -1.65. The van der Waals surface area contributed by atoms with Gasteiger partial charge in [-0.1, -0.05) is 32.9 Å². The quantitative estimate of drug-likeness (QED) is 0.603. The standard InChI is InChI=1S/C18H28N2O3/c1-5-12(4)19-16(21)15(10-11(2)3)20-17(22)13-8-6-7-9-14(13)18(20)23/h6-7,11-15H,5,8-10H2,1-4H3,(H,19,21). The average molecular weight is 320 g/mol. The van der Waals surface area contributed by atoms with Crippen LogP contribution in [-0.4, -0.2) is 34.7 Å². The van der Waals surface area contributed by atoms with Gasteiger partial charge in [-0.25, -0.2) is 0 Å². The minimum atomic E-state index is -0.686. The van der Waals surface area contributed by atoms with Gasteiger partial charge < -0.3 is 5.32 Å². The Morgan fingerprint density at radius 3 is 2.13 bits per heavy atom. The fraction of sp³-hybridized carbons (Fsp3) is 0.722. The van der Waals surface area contributed by atoms with Crippen LogP contribution >= 0.6 is 0 Å². The molecular formula is C18H28N2O3. The lowest BCUT2D eigenvalue weighted by Gasteiger charge is -2.28. The first-order valence-electron chi connectivity index (χ1n) is 8.69. The minimum Gasteiger partial charge on any atom is -0.352 e. The molecule has 1 fully saturated rings. The molecule has 4 unspecified atom stereocenters. The SMILES string of the molecule is CCC(C)NC(=O)C(CC(C)C)N1C(=O)C2CC=CCC2C1=O. The Morgan fingerprint density at radius 1 is 1.17 bits per heavy atom. The first-order chi connectivity index (χ1) is 10.9. The second-order valence-corrected chi connectivity index (χ2v) is 7.17. The molecule has 0 bridgehead atoms. The molecule has 0 saturated carbocycles. The van der Waals surface area contributed by atoms with Crippen molar-refractivity contribution in [2.24, 2.45) is 17.8 Å². The van der Waals surface area contributed by atoms with Crippen LogP contribution < -0.4 is 5.32 Å². The lowest BCUT2D eigenvalue weighted by Crippen LogP contribution is -2.52. The van der Waals surface area contributed by atoms with Crippen molar-refractivity contribution in [1.82, 2.24) is 10.2 Å². The van der Waals surface area contributed by atoms with Crippen molar-refractivity contribution in [3.63, 3.8) is 0 Å². The molecule has 1 saturated heterocycles. The Bertz CT molecular complexity index is 486. The minimum absolute atomic E-state index is 0.0360. The van der Waals surface area contributed by atoms with Crippen LogP contribution in [0.2, 0.25) is 0 Å². The first-order valence-corrected chi connectivity index (χ1v) is 8.69. The highest BCUT2D eigenvalue weighted by Gasteiger charge is 2.51. The number of nitrogens with one attached hydrogen (secondary N) is 1. The molecule has 1 heterocycles. The molecule has 5 heteroatoms. The monoisotopic (exact) mass is 320 g/mol. The number of likely N-dealkylation sites (tertiary alicyclic amines) is 1. The Balaban J connectivity index is 2.23. The largest absolute Gasteiger partial charge is 0.352 e. The van der Waals surface area contributed by atoms with Gasteiger partial charge in [0.2, 0.25) is 17.7 Å². The van der Waals surface area contributed by atoms with Crippen LogP contribution in [0.5, 0.6) is 0 Å². The van der Waals surface area contributed by atoms with Crippen molar-refractivity contribution in [3.05, 3.63) is 12.2 Å². The van der Waals surface area contributed by atoms with Crippen molar-refractivity contribution >= 4 is 17.7 Å². The van der Waals surface area contributed by atoms with Crippen molar-refractivity contribution in [3.8, 4) is 0 Å². The van der Waals surface area contributed by atoms with Gasteiger partial charge in [0, 0.05) is 6.04 Å². The van der Waals surface area contributed by atoms with Gasteiger partial charge >= 0.3 is 0 Å². The topological polar surface area (TPSA) is 66.5 Å². The summed E-state index contributed by atoms with van der Waals surface area (Å²) in [6.45, 7) is 7.93. The van der Waals surface area contributed by atoms with E-state index in [0.29, 0.717) is 19.3 Å². The number of nitrogens with zero attached hydrogens (tertiary/aromatic N) is 1. The number of hydrogen-bond donors (Lipinski definition) is 1. The van der Waals surface area contributed by atoms with Crippen molar-refractivity contribution in [2.75, 3.05) is 0 Å². The molecular weight excluding hydrogens is 292 g/mol. The van der Waals surface area contributed by atoms with Gasteiger partial charge in [-0.05, 0) is 38.5 Å². The highest BCUT2D eigenvalue weighted by Crippen LogP contribution is 2.37. The fourth-order valence-electron chi connectivity index (χ4n) is 3.35. The highest BCUT2D eigenvalue weighted by atomic mass is 16.2. The second-order valence-electron chi connectivity index (χ2n) is 7.17. The van der Waals surface area contributed by atoms with E-state index >= 15 is 0 Å². The fourth-order valence-corrected chi connectivity index (χ4v) is 3.35. The van der Waals surface area contributed by atoms with Gasteiger partial charge in [-0.2, -0.15) is 0 Å². The maximum absolute atomic E-state index is 12.7. The first kappa shape index (κ1) is 17.7. The zero-order valence-electron chi connectivity index (χ0n) is 14.5. The zero-order valence-corrected chi connectivity index (χ0v) is 14.5. The molecule has 0 aromatic rings. The third-order valence-electron chi connectivity index (χ3n) is 4.85. The van der Waals surface area contributed by atoms with Gasteiger partial charge in [0.15, 0.2) is 0 Å². The normalized spacial score (nSPS) is 26.4. The molecule has 0 aromatic carbocycles. The van der Waals surface area contributed by atoms with E-state index in [1.807, 2.05) is 39.8 Å². The molecule has 5 nitrogen and oxygen atoms in total. The average Bonchev–Trinajstić information content (AvgIpc) is 2.77. The van der Waals surface area contributed by atoms with Crippen LogP contribution in [0.3, 0.4) is 0 Å². The van der Waals surface area contributed by atoms with Gasteiger partial charge in [-0.15, -0.1) is 0 Å². The van der Waals surface area contributed by atoms with E-state index in [9.17, 15) is 14.4 Å². The lowest BCUT2D eigenvalue weighted by molar-refractivity contribution is -0.148. The summed E-state index contributed by atoms with van der Waals surface area (Å²) in [7, 11) is 0. The molecule has 2 aliphatic rings. The summed E-state index contributed by atoms with van der Waals surface area (Å²) in [4.78, 5) is 39.4. The predicted molar refractivity (Wildman–Crippen MR) is 88.3 cm³/mol. The van der Waals surface area contributed by atoms with Crippen molar-refractivity contribution in [2.45, 2.75) is 65.5 Å². The summed E-state index contributed by atoms with van der Waals surface area (Å²) in [5, 5.41) is 2.93. The molecule has 0 aromatic heterocycles. The van der Waals surface area contributed by atoms with Gasteiger partial charge in [0.05, 0.1) is 11.8 Å². The number of allylic oxidation sites excluding steroid dienone is 2. The van der Waals surface area contributed by atoms with Crippen LogP contribution in [0.25, 0.3) is 0 Å². The number of carbonyl (C=O) groups is 3. The van der Waals surface area contributed by atoms with Crippen LogP contribution in [0.1, 0.15) is 53.4 Å². The van der Waals surface area contributed by atoms with Crippen molar-refractivity contribution < 1.29 is 14.4 Å². The summed E-state index contributed by atoms with van der Waals surface area (Å²) >= 11 is 0. The molecule has 4 atom stereocenters. The van der Waals surface area contributed by atoms with Gasteiger partial charge in [0.1, 0.15) is 6.04 Å². The summed E-state index contributed by atoms with van der Waals surface area (Å²) in [5.74, 6) is -0.883. The van der Waals surface area contributed by atoms with Gasteiger partial charge in [0.25, 0.3) is 0 Å². The third-order valence-corrected chi connectivity index (χ3v) is 4.85. The Morgan fingerprint density at radius 2 is 1.70 bits per heavy atom. The van der Waals surface area contributed by atoms with E-state index in [2.05, 4.69) is 5.32 Å². The Labute approximate surface area is 138 Å². The third kappa shape index (κ3) is 3.65. The lowest BCUT2D eigenvalue weighted by atomic mass is 9.85. The molecule has 2 rings (SSSR count). The summed E-state index contributed by atoms with van der Waals surface area (Å²) < 4.78 is 0. The second kappa shape index (κ2) is 7.28. The van der Waals surface area contributed by atoms with Crippen LogP contribution in [0.15, 0.2) is 12.2 Å².